The summed E-state index contributed by atoms with van der Waals surface area (Å²) in [6, 6.07) is 6.77. The second kappa shape index (κ2) is 4.45. The molecule has 0 amide bonds. The molecule has 0 aliphatic rings. The zero-order valence-corrected chi connectivity index (χ0v) is 8.85. The average Bonchev–Trinajstić information content (AvgIpc) is 2.08. The number of carbonyl (C=O) groups is 1. The first-order chi connectivity index (χ1) is 6.11. The summed E-state index contributed by atoms with van der Waals surface area (Å²) >= 11 is 2.41. The fraction of sp³-hybridized carbons (Fsp3) is 0.222. The van der Waals surface area contributed by atoms with Crippen LogP contribution in [-0.2, 0) is 11.2 Å². The van der Waals surface area contributed by atoms with Crippen molar-refractivity contribution in [2.24, 2.45) is 5.73 Å². The zero-order valence-electron chi connectivity index (χ0n) is 6.97. The van der Waals surface area contributed by atoms with Gasteiger partial charge < -0.3 is 0 Å². The predicted octanol–water partition coefficient (Wildman–Crippen LogP) is -0.565. The van der Waals surface area contributed by atoms with Crippen LogP contribution in [0.2, 0.25) is 0 Å². The zero-order chi connectivity index (χ0) is 9.84. The number of nitrogens with two attached hydrogens (primary N) is 1. The van der Waals surface area contributed by atoms with Gasteiger partial charge >= 0.3 is 85.1 Å². The second-order valence-electron chi connectivity index (χ2n) is 2.78. The van der Waals surface area contributed by atoms with E-state index in [1.165, 1.54) is 0 Å². The molecule has 0 aliphatic heterocycles. The van der Waals surface area contributed by atoms with Gasteiger partial charge in [-0.1, -0.05) is 0 Å². The molecule has 1 atom stereocenters. The van der Waals surface area contributed by atoms with Crippen molar-refractivity contribution in [2.75, 3.05) is 0 Å². The van der Waals surface area contributed by atoms with E-state index >= 15 is 0 Å². The first kappa shape index (κ1) is 10.3. The third-order valence-electron chi connectivity index (χ3n) is 1.75. The van der Waals surface area contributed by atoms with Gasteiger partial charge in [0.2, 0.25) is 0 Å². The molecule has 0 spiro atoms. The molecular formula is C9H10AsNO2. The quantitative estimate of drug-likeness (QED) is 0.694. The number of carboxylic acids is 1. The Morgan fingerprint density at radius 1 is 1.54 bits per heavy atom. The molecule has 0 saturated carbocycles. The molecule has 1 aromatic rings. The van der Waals surface area contributed by atoms with E-state index in [1.807, 2.05) is 24.3 Å². The van der Waals surface area contributed by atoms with Crippen molar-refractivity contribution in [3.63, 3.8) is 0 Å². The van der Waals surface area contributed by atoms with E-state index in [0.29, 0.717) is 6.42 Å². The summed E-state index contributed by atoms with van der Waals surface area (Å²) in [6.07, 6.45) is 0.375. The third kappa shape index (κ3) is 2.87. The van der Waals surface area contributed by atoms with Crippen molar-refractivity contribution in [1.82, 2.24) is 0 Å². The van der Waals surface area contributed by atoms with Crippen molar-refractivity contribution in [3.05, 3.63) is 29.8 Å². The summed E-state index contributed by atoms with van der Waals surface area (Å²) in [5.41, 5.74) is 6.38. The van der Waals surface area contributed by atoms with E-state index in [-0.39, 0.29) is 0 Å². The van der Waals surface area contributed by atoms with Gasteiger partial charge in [0.1, 0.15) is 0 Å². The first-order valence-electron chi connectivity index (χ1n) is 3.86. The minimum absolute atomic E-state index is 0.375. The topological polar surface area (TPSA) is 63.3 Å². The van der Waals surface area contributed by atoms with Crippen molar-refractivity contribution < 1.29 is 9.90 Å². The summed E-state index contributed by atoms with van der Waals surface area (Å²) in [5, 5.41) is 8.60. The molecule has 4 heteroatoms. The van der Waals surface area contributed by atoms with Crippen LogP contribution in [0, 0.1) is 0 Å². The predicted molar refractivity (Wildman–Crippen MR) is 51.1 cm³/mol. The van der Waals surface area contributed by atoms with E-state index in [2.05, 4.69) is 16.9 Å². The van der Waals surface area contributed by atoms with Crippen LogP contribution in [0.1, 0.15) is 5.56 Å². The van der Waals surface area contributed by atoms with Crippen LogP contribution in [0.3, 0.4) is 0 Å². The minimum atomic E-state index is -0.962. The number of rotatable bonds is 3. The maximum atomic E-state index is 10.5. The van der Waals surface area contributed by atoms with Crippen molar-refractivity contribution in [3.8, 4) is 0 Å². The van der Waals surface area contributed by atoms with E-state index in [9.17, 15) is 4.79 Å². The van der Waals surface area contributed by atoms with Crippen molar-refractivity contribution in [1.29, 1.82) is 0 Å². The van der Waals surface area contributed by atoms with Gasteiger partial charge in [0.25, 0.3) is 0 Å². The summed E-state index contributed by atoms with van der Waals surface area (Å²) < 4.78 is 1.02. The number of hydrogen-bond donors (Lipinski definition) is 2. The Balaban J connectivity index is 2.74. The molecule has 0 bridgehead atoms. The summed E-state index contributed by atoms with van der Waals surface area (Å²) in [7, 11) is 0. The monoisotopic (exact) mass is 239 g/mol. The standard InChI is InChI=1S/C9H10AsNO2/c10-7-4-2-1-3-6(7)5-8(11)9(12)13/h1-4,8H,5,11H2,(H,12,13). The molecule has 0 heterocycles. The first-order valence-corrected chi connectivity index (χ1v) is 4.80. The van der Waals surface area contributed by atoms with Crippen molar-refractivity contribution in [2.45, 2.75) is 12.5 Å². The average molecular weight is 239 g/mol. The molecule has 1 rings (SSSR count). The number of benzene rings is 1. The Morgan fingerprint density at radius 3 is 2.69 bits per heavy atom. The third-order valence-corrected chi connectivity index (χ3v) is 2.66. The molecule has 0 fully saturated rings. The van der Waals surface area contributed by atoms with Crippen LogP contribution >= 0.6 is 0 Å². The van der Waals surface area contributed by atoms with Gasteiger partial charge in [0.15, 0.2) is 0 Å². The van der Waals surface area contributed by atoms with Gasteiger partial charge in [-0.15, -0.1) is 0 Å². The molecule has 0 saturated heterocycles. The molecule has 0 aromatic heterocycles. The van der Waals surface area contributed by atoms with E-state index in [1.54, 1.807) is 0 Å². The van der Waals surface area contributed by atoms with Gasteiger partial charge in [-0.05, 0) is 0 Å². The molecule has 1 unspecified atom stereocenters. The van der Waals surface area contributed by atoms with Gasteiger partial charge in [-0.3, -0.25) is 0 Å². The molecule has 68 valence electrons. The fourth-order valence-corrected chi connectivity index (χ4v) is 1.54. The van der Waals surface area contributed by atoms with Gasteiger partial charge in [-0.2, -0.15) is 0 Å². The Labute approximate surface area is 85.4 Å². The molecule has 1 aromatic carbocycles. The van der Waals surface area contributed by atoms with Crippen LogP contribution in [-0.4, -0.2) is 34.0 Å². The maximum absolute atomic E-state index is 10.5. The van der Waals surface area contributed by atoms with Crippen LogP contribution in [0.15, 0.2) is 24.3 Å². The van der Waals surface area contributed by atoms with Crippen LogP contribution in [0.5, 0.6) is 0 Å². The van der Waals surface area contributed by atoms with Gasteiger partial charge in [-0.25, -0.2) is 0 Å². The summed E-state index contributed by atoms with van der Waals surface area (Å²) in [6.45, 7) is 0. The fourth-order valence-electron chi connectivity index (χ4n) is 1.01. The molecule has 0 aliphatic carbocycles. The number of carboxylic acid groups (broad SMARTS) is 1. The van der Waals surface area contributed by atoms with Gasteiger partial charge in [0, 0.05) is 0 Å². The van der Waals surface area contributed by atoms with Crippen LogP contribution in [0.25, 0.3) is 0 Å². The normalized spacial score (nSPS) is 12.5. The SMILES string of the molecule is NC(Cc1ccccc1[As])C(=O)O. The Hall–Kier alpha value is -0.792. The van der Waals surface area contributed by atoms with Crippen LogP contribution < -0.4 is 10.1 Å². The van der Waals surface area contributed by atoms with Crippen LogP contribution in [0.4, 0.5) is 0 Å². The summed E-state index contributed by atoms with van der Waals surface area (Å²) in [5.74, 6) is -0.962. The molecule has 13 heavy (non-hydrogen) atoms. The van der Waals surface area contributed by atoms with Gasteiger partial charge in [0.05, 0.1) is 0 Å². The van der Waals surface area contributed by atoms with Crippen molar-refractivity contribution >= 4 is 27.2 Å². The summed E-state index contributed by atoms with van der Waals surface area (Å²) in [4.78, 5) is 10.5. The van der Waals surface area contributed by atoms with E-state index in [4.69, 9.17) is 10.8 Å². The van der Waals surface area contributed by atoms with E-state index < -0.39 is 12.0 Å². The second-order valence-corrected chi connectivity index (χ2v) is 3.79. The Bertz CT molecular complexity index is 314. The Morgan fingerprint density at radius 2 is 2.15 bits per heavy atom. The molecule has 2 radical (unpaired) electrons. The number of aliphatic carboxylic acids is 1. The molecular weight excluding hydrogens is 229 g/mol. The molecule has 3 nitrogen and oxygen atoms in total. The molecule has 3 N–H and O–H groups in total. The number of hydrogen-bond acceptors (Lipinski definition) is 2. The van der Waals surface area contributed by atoms with E-state index in [0.717, 1.165) is 9.91 Å². The Kier molecular flexibility index (Phi) is 3.52.